The maximum absolute atomic E-state index is 6.35. The quantitative estimate of drug-likeness (QED) is 0.240. The van der Waals surface area contributed by atoms with Gasteiger partial charge in [-0.25, -0.2) is 0 Å². The van der Waals surface area contributed by atoms with Crippen LogP contribution in [-0.4, -0.2) is 4.98 Å². The third-order valence-corrected chi connectivity index (χ3v) is 7.32. The first-order chi connectivity index (χ1) is 19.3. The zero-order valence-electron chi connectivity index (χ0n) is 20.9. The fraction of sp³-hybridized carbons (Fsp3) is 0. The van der Waals surface area contributed by atoms with E-state index in [1.54, 1.807) is 0 Å². The monoisotopic (exact) mass is 502 g/mol. The molecule has 0 saturated heterocycles. The van der Waals surface area contributed by atoms with E-state index in [0.29, 0.717) is 6.01 Å². The van der Waals surface area contributed by atoms with Gasteiger partial charge in [-0.3, -0.25) is 4.90 Å². The number of furan rings is 1. The summed E-state index contributed by atoms with van der Waals surface area (Å²) in [4.78, 5) is 7.04. The van der Waals surface area contributed by atoms with Gasteiger partial charge in [-0.1, -0.05) is 97.1 Å². The molecule has 0 N–H and O–H groups in total. The molecule has 0 bridgehead atoms. The number of fused-ring (bicyclic) bond motifs is 6. The summed E-state index contributed by atoms with van der Waals surface area (Å²) in [5, 5.41) is 4.47. The summed E-state index contributed by atoms with van der Waals surface area (Å²) in [6.45, 7) is 0. The van der Waals surface area contributed by atoms with Crippen molar-refractivity contribution in [2.45, 2.75) is 0 Å². The van der Waals surface area contributed by atoms with E-state index in [1.807, 2.05) is 54.6 Å². The molecule has 0 aliphatic carbocycles. The average molecular weight is 503 g/mol. The largest absolute Gasteiger partial charge is 0.455 e. The average Bonchev–Trinajstić information content (AvgIpc) is 3.60. The molecule has 2 heterocycles. The highest BCUT2D eigenvalue weighted by atomic mass is 16.4. The molecule has 0 radical (unpaired) electrons. The smallest absolute Gasteiger partial charge is 0.307 e. The van der Waals surface area contributed by atoms with Gasteiger partial charge in [-0.15, -0.1) is 0 Å². The Bertz CT molecular complexity index is 2120. The molecule has 0 fully saturated rings. The van der Waals surface area contributed by atoms with E-state index in [9.17, 15) is 0 Å². The van der Waals surface area contributed by atoms with Crippen LogP contribution in [-0.2, 0) is 0 Å². The molecule has 6 aromatic carbocycles. The number of anilines is 3. The van der Waals surface area contributed by atoms with Gasteiger partial charge in [0, 0.05) is 21.7 Å². The van der Waals surface area contributed by atoms with Crippen LogP contribution in [0.1, 0.15) is 0 Å². The van der Waals surface area contributed by atoms with E-state index < -0.39 is 0 Å². The lowest BCUT2D eigenvalue weighted by atomic mass is 10.0. The third kappa shape index (κ3) is 3.50. The topological polar surface area (TPSA) is 42.4 Å². The van der Waals surface area contributed by atoms with Crippen LogP contribution >= 0.6 is 0 Å². The second kappa shape index (κ2) is 8.61. The molecule has 8 aromatic rings. The van der Waals surface area contributed by atoms with Crippen LogP contribution in [0.3, 0.4) is 0 Å². The van der Waals surface area contributed by atoms with Crippen LogP contribution in [0.2, 0.25) is 0 Å². The van der Waals surface area contributed by atoms with Crippen molar-refractivity contribution in [3.05, 3.63) is 133 Å². The minimum Gasteiger partial charge on any atom is -0.455 e. The van der Waals surface area contributed by atoms with E-state index in [0.717, 1.165) is 66.3 Å². The van der Waals surface area contributed by atoms with Crippen molar-refractivity contribution >= 4 is 61.2 Å². The van der Waals surface area contributed by atoms with Crippen molar-refractivity contribution in [1.29, 1.82) is 0 Å². The predicted molar refractivity (Wildman–Crippen MR) is 159 cm³/mol. The Morgan fingerprint density at radius 2 is 1.21 bits per heavy atom. The van der Waals surface area contributed by atoms with E-state index in [2.05, 4.69) is 83.8 Å². The number of aromatic nitrogens is 1. The normalized spacial score (nSPS) is 11.6. The van der Waals surface area contributed by atoms with E-state index in [4.69, 9.17) is 13.8 Å². The van der Waals surface area contributed by atoms with Gasteiger partial charge in [0.05, 0.1) is 11.4 Å². The Morgan fingerprint density at radius 3 is 2.08 bits per heavy atom. The standard InChI is InChI=1S/C35H22N2O2/c1-2-10-25(11-3-1)37(35-36-33-27-12-5-4-9-23(27)19-22-32(33)39-35)26-20-17-24(18-21-26)28-14-8-15-30-29-13-6-7-16-31(29)38-34(28)30/h1-22H. The Labute approximate surface area is 224 Å². The summed E-state index contributed by atoms with van der Waals surface area (Å²) >= 11 is 0. The molecule has 8 rings (SSSR count). The molecule has 0 amide bonds. The first kappa shape index (κ1) is 21.7. The molecule has 4 heteroatoms. The molecule has 39 heavy (non-hydrogen) atoms. The van der Waals surface area contributed by atoms with Crippen molar-refractivity contribution in [1.82, 2.24) is 4.98 Å². The third-order valence-electron chi connectivity index (χ3n) is 7.32. The fourth-order valence-electron chi connectivity index (χ4n) is 5.46. The molecule has 4 nitrogen and oxygen atoms in total. The minimum absolute atomic E-state index is 0.527. The number of hydrogen-bond acceptors (Lipinski definition) is 4. The lowest BCUT2D eigenvalue weighted by molar-refractivity contribution is 0.608. The summed E-state index contributed by atoms with van der Waals surface area (Å²) in [6, 6.07) is 46.0. The van der Waals surface area contributed by atoms with Crippen LogP contribution in [0.25, 0.3) is 54.9 Å². The van der Waals surface area contributed by atoms with Gasteiger partial charge in [0.1, 0.15) is 16.7 Å². The van der Waals surface area contributed by atoms with Crippen LogP contribution in [0.4, 0.5) is 17.4 Å². The van der Waals surface area contributed by atoms with E-state index in [1.165, 1.54) is 0 Å². The minimum atomic E-state index is 0.527. The number of nitrogens with zero attached hydrogens (tertiary/aromatic N) is 2. The van der Waals surface area contributed by atoms with Gasteiger partial charge in [0.2, 0.25) is 0 Å². The Hall–Kier alpha value is -5.35. The Kier molecular flexibility index (Phi) is 4.79. The summed E-state index contributed by atoms with van der Waals surface area (Å²) in [6.07, 6.45) is 0. The van der Waals surface area contributed by atoms with Crippen molar-refractivity contribution in [3.8, 4) is 11.1 Å². The second-order valence-corrected chi connectivity index (χ2v) is 9.63. The molecular weight excluding hydrogens is 480 g/mol. The molecule has 0 saturated carbocycles. The van der Waals surface area contributed by atoms with Crippen molar-refractivity contribution in [2.75, 3.05) is 4.90 Å². The maximum Gasteiger partial charge on any atom is 0.307 e. The number of para-hydroxylation sites is 3. The summed E-state index contributed by atoms with van der Waals surface area (Å²) in [5.74, 6) is 0. The summed E-state index contributed by atoms with van der Waals surface area (Å²) in [7, 11) is 0. The number of benzene rings is 6. The highest BCUT2D eigenvalue weighted by molar-refractivity contribution is 6.09. The van der Waals surface area contributed by atoms with Gasteiger partial charge >= 0.3 is 6.01 Å². The summed E-state index contributed by atoms with van der Waals surface area (Å²) in [5.41, 5.74) is 7.50. The van der Waals surface area contributed by atoms with Gasteiger partial charge in [0.15, 0.2) is 5.58 Å². The zero-order valence-corrected chi connectivity index (χ0v) is 20.9. The summed E-state index contributed by atoms with van der Waals surface area (Å²) < 4.78 is 12.6. The van der Waals surface area contributed by atoms with E-state index in [-0.39, 0.29) is 0 Å². The molecular formula is C35H22N2O2. The van der Waals surface area contributed by atoms with Crippen molar-refractivity contribution < 1.29 is 8.83 Å². The Balaban J connectivity index is 1.26. The van der Waals surface area contributed by atoms with Crippen LogP contribution in [0, 0.1) is 0 Å². The zero-order chi connectivity index (χ0) is 25.8. The molecule has 0 atom stereocenters. The number of oxazole rings is 1. The van der Waals surface area contributed by atoms with Gasteiger partial charge in [-0.2, -0.15) is 4.98 Å². The number of hydrogen-bond donors (Lipinski definition) is 0. The number of rotatable bonds is 4. The first-order valence-corrected chi connectivity index (χ1v) is 13.0. The van der Waals surface area contributed by atoms with Crippen molar-refractivity contribution in [2.24, 2.45) is 0 Å². The van der Waals surface area contributed by atoms with Crippen LogP contribution < -0.4 is 4.90 Å². The lowest BCUT2D eigenvalue weighted by Gasteiger charge is -2.21. The molecule has 0 unspecified atom stereocenters. The van der Waals surface area contributed by atoms with Gasteiger partial charge in [-0.05, 0) is 47.3 Å². The molecule has 2 aromatic heterocycles. The van der Waals surface area contributed by atoms with E-state index >= 15 is 0 Å². The highest BCUT2D eigenvalue weighted by Crippen LogP contribution is 2.40. The highest BCUT2D eigenvalue weighted by Gasteiger charge is 2.20. The van der Waals surface area contributed by atoms with Crippen molar-refractivity contribution in [3.63, 3.8) is 0 Å². The predicted octanol–water partition coefficient (Wildman–Crippen LogP) is 10.0. The van der Waals surface area contributed by atoms with Gasteiger partial charge < -0.3 is 8.83 Å². The SMILES string of the molecule is c1ccc(N(c2ccc(-c3cccc4c3oc3ccccc34)cc2)c2nc3c(ccc4ccccc43)o2)cc1. The fourth-order valence-corrected chi connectivity index (χ4v) is 5.46. The molecule has 0 spiro atoms. The molecule has 0 aliphatic rings. The lowest BCUT2D eigenvalue weighted by Crippen LogP contribution is -2.10. The second-order valence-electron chi connectivity index (χ2n) is 9.63. The van der Waals surface area contributed by atoms with Crippen LogP contribution in [0.15, 0.2) is 142 Å². The first-order valence-electron chi connectivity index (χ1n) is 13.0. The Morgan fingerprint density at radius 1 is 0.487 bits per heavy atom. The molecule has 184 valence electrons. The van der Waals surface area contributed by atoms with Crippen LogP contribution in [0.5, 0.6) is 0 Å². The molecule has 0 aliphatic heterocycles. The maximum atomic E-state index is 6.35. The van der Waals surface area contributed by atoms with Gasteiger partial charge in [0.25, 0.3) is 0 Å².